The maximum atomic E-state index is 12.4. The van der Waals surface area contributed by atoms with Gasteiger partial charge in [-0.1, -0.05) is 0 Å². The molecule has 116 valence electrons. The van der Waals surface area contributed by atoms with Gasteiger partial charge in [0.05, 0.1) is 24.7 Å². The van der Waals surface area contributed by atoms with Crippen LogP contribution in [0.5, 0.6) is 0 Å². The molecule has 0 N–H and O–H groups in total. The molecule has 0 saturated carbocycles. The smallest absolute Gasteiger partial charge is 0.261 e. The molecule has 0 atom stereocenters. The van der Waals surface area contributed by atoms with E-state index in [9.17, 15) is 13.2 Å². The Labute approximate surface area is 128 Å². The molecule has 0 spiro atoms. The summed E-state index contributed by atoms with van der Waals surface area (Å²) in [4.78, 5) is 14.0. The number of rotatable bonds is 4. The van der Waals surface area contributed by atoms with Crippen LogP contribution in [-0.4, -0.2) is 52.6 Å². The normalized spacial score (nSPS) is 16.0. The fourth-order valence-corrected chi connectivity index (χ4v) is 2.95. The van der Waals surface area contributed by atoms with Crippen LogP contribution in [0.1, 0.15) is 15.9 Å². The highest BCUT2D eigenvalue weighted by atomic mass is 35.7. The summed E-state index contributed by atoms with van der Waals surface area (Å²) in [6.07, 6.45) is 0. The predicted molar refractivity (Wildman–Crippen MR) is 76.9 cm³/mol. The first-order valence-corrected chi connectivity index (χ1v) is 8.67. The molecule has 1 aliphatic rings. The summed E-state index contributed by atoms with van der Waals surface area (Å²) in [7, 11) is 2.96. The largest absolute Gasteiger partial charge is 0.380 e. The van der Waals surface area contributed by atoms with E-state index in [1.165, 1.54) is 19.2 Å². The molecule has 1 aromatic rings. The number of halogens is 1. The van der Waals surface area contributed by atoms with Crippen LogP contribution in [0.2, 0.25) is 0 Å². The van der Waals surface area contributed by atoms with Gasteiger partial charge in [0, 0.05) is 36.4 Å². The SMILES string of the molecule is COCc1cc(C(=O)N2CCOCC2)cc(S(=O)(=O)Cl)c1. The fourth-order valence-electron chi connectivity index (χ4n) is 2.12. The third-order valence-corrected chi connectivity index (χ3v) is 4.44. The van der Waals surface area contributed by atoms with E-state index in [0.717, 1.165) is 0 Å². The van der Waals surface area contributed by atoms with Gasteiger partial charge in [0.1, 0.15) is 0 Å². The Hall–Kier alpha value is -1.15. The van der Waals surface area contributed by atoms with Crippen LogP contribution < -0.4 is 0 Å². The molecule has 8 heteroatoms. The molecule has 0 unspecified atom stereocenters. The van der Waals surface area contributed by atoms with Crippen molar-refractivity contribution in [1.29, 1.82) is 0 Å². The highest BCUT2D eigenvalue weighted by Crippen LogP contribution is 2.21. The van der Waals surface area contributed by atoms with Gasteiger partial charge in [-0.25, -0.2) is 8.42 Å². The second-order valence-electron chi connectivity index (χ2n) is 4.64. The van der Waals surface area contributed by atoms with Crippen molar-refractivity contribution in [2.45, 2.75) is 11.5 Å². The van der Waals surface area contributed by atoms with E-state index in [0.29, 0.717) is 31.9 Å². The Morgan fingerprint density at radius 1 is 1.33 bits per heavy atom. The van der Waals surface area contributed by atoms with Gasteiger partial charge in [-0.3, -0.25) is 4.79 Å². The Morgan fingerprint density at radius 3 is 2.57 bits per heavy atom. The van der Waals surface area contributed by atoms with Gasteiger partial charge >= 0.3 is 0 Å². The minimum absolute atomic E-state index is 0.102. The third-order valence-electron chi connectivity index (χ3n) is 3.10. The van der Waals surface area contributed by atoms with Crippen molar-refractivity contribution < 1.29 is 22.7 Å². The van der Waals surface area contributed by atoms with Gasteiger partial charge in [-0.05, 0) is 23.8 Å². The van der Waals surface area contributed by atoms with Crippen LogP contribution in [-0.2, 0) is 25.1 Å². The molecule has 1 fully saturated rings. The summed E-state index contributed by atoms with van der Waals surface area (Å²) in [5, 5.41) is 0. The highest BCUT2D eigenvalue weighted by molar-refractivity contribution is 8.13. The highest BCUT2D eigenvalue weighted by Gasteiger charge is 2.21. The zero-order chi connectivity index (χ0) is 15.5. The monoisotopic (exact) mass is 333 g/mol. The fraction of sp³-hybridized carbons (Fsp3) is 0.462. The summed E-state index contributed by atoms with van der Waals surface area (Å²) in [5.74, 6) is -0.238. The van der Waals surface area contributed by atoms with E-state index < -0.39 is 9.05 Å². The average molecular weight is 334 g/mol. The average Bonchev–Trinajstić information content (AvgIpc) is 2.46. The Balaban J connectivity index is 2.37. The number of ether oxygens (including phenoxy) is 2. The molecule has 0 aliphatic carbocycles. The van der Waals surface area contributed by atoms with E-state index in [2.05, 4.69) is 0 Å². The molecule has 1 saturated heterocycles. The van der Waals surface area contributed by atoms with Crippen LogP contribution in [0.25, 0.3) is 0 Å². The molecule has 6 nitrogen and oxygen atoms in total. The number of carbonyl (C=O) groups is 1. The van der Waals surface area contributed by atoms with Gasteiger partial charge in [-0.15, -0.1) is 0 Å². The molecule has 1 heterocycles. The number of hydrogen-bond donors (Lipinski definition) is 0. The zero-order valence-corrected chi connectivity index (χ0v) is 13.1. The minimum Gasteiger partial charge on any atom is -0.380 e. The molecule has 1 aromatic carbocycles. The standard InChI is InChI=1S/C13H16ClNO5S/c1-19-9-10-6-11(8-12(7-10)21(14,17)18)13(16)15-2-4-20-5-3-15/h6-8H,2-5,9H2,1H3. The molecule has 0 aromatic heterocycles. The van der Waals surface area contributed by atoms with E-state index >= 15 is 0 Å². The Morgan fingerprint density at radius 2 is 2.00 bits per heavy atom. The first kappa shape index (κ1) is 16.2. The van der Waals surface area contributed by atoms with Crippen molar-refractivity contribution in [3.63, 3.8) is 0 Å². The van der Waals surface area contributed by atoms with Gasteiger partial charge in [-0.2, -0.15) is 0 Å². The zero-order valence-electron chi connectivity index (χ0n) is 11.5. The number of carbonyl (C=O) groups excluding carboxylic acids is 1. The lowest BCUT2D eigenvalue weighted by molar-refractivity contribution is 0.0302. The molecule has 0 bridgehead atoms. The van der Waals surface area contributed by atoms with Crippen LogP contribution in [0.4, 0.5) is 0 Å². The van der Waals surface area contributed by atoms with Crippen LogP contribution in [0, 0.1) is 0 Å². The summed E-state index contributed by atoms with van der Waals surface area (Å²) in [6.45, 7) is 2.12. The van der Waals surface area contributed by atoms with Crippen LogP contribution in [0.3, 0.4) is 0 Å². The first-order chi connectivity index (χ1) is 9.91. The molecular formula is C13H16ClNO5S. The quantitative estimate of drug-likeness (QED) is 0.775. The van der Waals surface area contributed by atoms with Gasteiger partial charge < -0.3 is 14.4 Å². The molecule has 1 amide bonds. The Kier molecular flexibility index (Phi) is 5.21. The van der Waals surface area contributed by atoms with E-state index in [4.69, 9.17) is 20.2 Å². The third kappa shape index (κ3) is 4.16. The number of hydrogen-bond acceptors (Lipinski definition) is 5. The maximum absolute atomic E-state index is 12.4. The number of benzene rings is 1. The van der Waals surface area contributed by atoms with Crippen molar-refractivity contribution >= 4 is 25.6 Å². The number of methoxy groups -OCH3 is 1. The van der Waals surface area contributed by atoms with Crippen LogP contribution in [0.15, 0.2) is 23.1 Å². The van der Waals surface area contributed by atoms with Crippen molar-refractivity contribution in [2.24, 2.45) is 0 Å². The molecule has 2 rings (SSSR count). The summed E-state index contributed by atoms with van der Waals surface area (Å²) < 4.78 is 33.2. The van der Waals surface area contributed by atoms with Crippen molar-refractivity contribution in [2.75, 3.05) is 33.4 Å². The lowest BCUT2D eigenvalue weighted by Crippen LogP contribution is -2.40. The number of nitrogens with zero attached hydrogens (tertiary/aromatic N) is 1. The minimum atomic E-state index is -3.91. The second kappa shape index (κ2) is 6.74. The predicted octanol–water partition coefficient (Wildman–Crippen LogP) is 1.23. The molecule has 21 heavy (non-hydrogen) atoms. The van der Waals surface area contributed by atoms with Gasteiger partial charge in [0.25, 0.3) is 15.0 Å². The van der Waals surface area contributed by atoms with Crippen molar-refractivity contribution in [1.82, 2.24) is 4.90 Å². The maximum Gasteiger partial charge on any atom is 0.261 e. The summed E-state index contributed by atoms with van der Waals surface area (Å²) >= 11 is 0. The Bertz CT molecular complexity index is 625. The number of amides is 1. The summed E-state index contributed by atoms with van der Waals surface area (Å²) in [6, 6.07) is 4.31. The van der Waals surface area contributed by atoms with Crippen molar-refractivity contribution in [3.05, 3.63) is 29.3 Å². The lowest BCUT2D eigenvalue weighted by atomic mass is 10.1. The summed E-state index contributed by atoms with van der Waals surface area (Å²) in [5.41, 5.74) is 0.863. The van der Waals surface area contributed by atoms with E-state index in [1.54, 1.807) is 11.0 Å². The number of morpholine rings is 1. The second-order valence-corrected chi connectivity index (χ2v) is 7.21. The first-order valence-electron chi connectivity index (χ1n) is 6.36. The van der Waals surface area contributed by atoms with Crippen molar-refractivity contribution in [3.8, 4) is 0 Å². The van der Waals surface area contributed by atoms with E-state index in [-0.39, 0.29) is 23.0 Å². The molecule has 1 aliphatic heterocycles. The molecular weight excluding hydrogens is 318 g/mol. The van der Waals surface area contributed by atoms with E-state index in [1.807, 2.05) is 0 Å². The molecule has 0 radical (unpaired) electrons. The topological polar surface area (TPSA) is 72.9 Å². The van der Waals surface area contributed by atoms with Gasteiger partial charge in [0.15, 0.2) is 0 Å². The van der Waals surface area contributed by atoms with Gasteiger partial charge in [0.2, 0.25) is 0 Å². The lowest BCUT2D eigenvalue weighted by Gasteiger charge is -2.27. The van der Waals surface area contributed by atoms with Crippen LogP contribution >= 0.6 is 10.7 Å².